The Labute approximate surface area is 316 Å². The highest BCUT2D eigenvalue weighted by Gasteiger charge is 2.31. The summed E-state index contributed by atoms with van der Waals surface area (Å²) in [4.78, 5) is 56.7. The number of aliphatic imine (C=N–C) groups is 1. The molecule has 1 heterocycles. The van der Waals surface area contributed by atoms with Gasteiger partial charge >= 0.3 is 6.09 Å². The average Bonchev–Trinajstić information content (AvgIpc) is 3.67. The van der Waals surface area contributed by atoms with Crippen LogP contribution in [0, 0.1) is 30.5 Å². The van der Waals surface area contributed by atoms with Gasteiger partial charge in [-0.3, -0.25) is 14.4 Å². The smallest absolute Gasteiger partial charge is 0.407 e. The highest BCUT2D eigenvalue weighted by atomic mass is 19.1. The summed E-state index contributed by atoms with van der Waals surface area (Å²) < 4.78 is 20.3. The second kappa shape index (κ2) is 17.7. The molecule has 1 aliphatic heterocycles. The molecule has 11 nitrogen and oxygen atoms in total. The Balaban J connectivity index is 1.28. The molecule has 12 heteroatoms. The highest BCUT2D eigenvalue weighted by Crippen LogP contribution is 2.32. The van der Waals surface area contributed by atoms with Crippen LogP contribution in [0.1, 0.15) is 93.8 Å². The molecule has 3 aromatic carbocycles. The summed E-state index contributed by atoms with van der Waals surface area (Å²) in [6, 6.07) is 17.5. The van der Waals surface area contributed by atoms with Crippen molar-refractivity contribution in [1.29, 1.82) is 0 Å². The van der Waals surface area contributed by atoms with E-state index in [2.05, 4.69) is 31.2 Å². The Kier molecular flexibility index (Phi) is 13.1. The highest BCUT2D eigenvalue weighted by molar-refractivity contribution is 6.01. The number of carbonyl (C=O) groups excluding carboxylic acids is 4. The van der Waals surface area contributed by atoms with Crippen LogP contribution in [-0.2, 0) is 20.7 Å². The molecular formula is C42H51FN6O5. The zero-order valence-electron chi connectivity index (χ0n) is 32.0. The maximum absolute atomic E-state index is 15.0. The first-order chi connectivity index (χ1) is 25.6. The lowest BCUT2D eigenvalue weighted by Crippen LogP contribution is -2.37. The van der Waals surface area contributed by atoms with Crippen molar-refractivity contribution >= 4 is 35.2 Å². The van der Waals surface area contributed by atoms with Crippen LogP contribution in [0.15, 0.2) is 75.9 Å². The fraction of sp³-hybridized carbons (Fsp3) is 0.452. The predicted octanol–water partition coefficient (Wildman–Crippen LogP) is 8.20. The fourth-order valence-electron chi connectivity index (χ4n) is 6.78. The number of nitrogens with zero attached hydrogens (tertiary/aromatic N) is 3. The number of halogens is 1. The van der Waals surface area contributed by atoms with Gasteiger partial charge in [0.25, 0.3) is 5.91 Å². The molecular weight excluding hydrogens is 687 g/mol. The molecule has 0 saturated heterocycles. The van der Waals surface area contributed by atoms with Gasteiger partial charge in [-0.15, -0.1) is 5.11 Å². The lowest BCUT2D eigenvalue weighted by molar-refractivity contribution is -0.129. The largest absolute Gasteiger partial charge is 0.444 e. The quantitative estimate of drug-likeness (QED) is 0.162. The van der Waals surface area contributed by atoms with Gasteiger partial charge in [0.05, 0.1) is 0 Å². The van der Waals surface area contributed by atoms with Crippen molar-refractivity contribution in [2.24, 2.45) is 33.0 Å². The van der Waals surface area contributed by atoms with Crippen LogP contribution < -0.4 is 16.0 Å². The van der Waals surface area contributed by atoms with Gasteiger partial charge in [0.15, 0.2) is 12.5 Å². The number of rotatable bonds is 13. The number of alkyl carbamates (subject to hydrolysis) is 1. The monoisotopic (exact) mass is 738 g/mol. The van der Waals surface area contributed by atoms with Gasteiger partial charge in [0, 0.05) is 47.7 Å². The number of anilines is 1. The van der Waals surface area contributed by atoms with Gasteiger partial charge < -0.3 is 20.7 Å². The van der Waals surface area contributed by atoms with Crippen molar-refractivity contribution in [2.45, 2.75) is 91.7 Å². The molecule has 1 atom stereocenters. The SMILES string of the molecule is Cc1c(F)cc(C(=O)NC(C)C)cc1-c1ccc(C[C@H](CC(=O)C2CCC(CNC(=O)OC(C)(C)C)CC2)C(=O)Nc2ccc(C3=NCN=N3)cc2)cc1. The molecule has 5 rings (SSSR count). The zero-order chi connectivity index (χ0) is 39.0. The Bertz CT molecular complexity index is 1890. The summed E-state index contributed by atoms with van der Waals surface area (Å²) >= 11 is 0. The van der Waals surface area contributed by atoms with Crippen molar-refractivity contribution in [3.05, 3.63) is 88.7 Å². The van der Waals surface area contributed by atoms with Crippen LogP contribution in [0.3, 0.4) is 0 Å². The van der Waals surface area contributed by atoms with Crippen LogP contribution in [0.25, 0.3) is 11.1 Å². The van der Waals surface area contributed by atoms with Crippen molar-refractivity contribution in [2.75, 3.05) is 18.5 Å². The van der Waals surface area contributed by atoms with Gasteiger partial charge in [-0.05, 0) is 138 Å². The number of ether oxygens (including phenoxy) is 1. The van der Waals surface area contributed by atoms with Gasteiger partial charge in [0.1, 0.15) is 17.2 Å². The first-order valence-electron chi connectivity index (χ1n) is 18.7. The molecule has 1 saturated carbocycles. The minimum atomic E-state index is -0.648. The molecule has 0 unspecified atom stereocenters. The standard InChI is InChI=1S/C42H51FN6O5/c1-25(2)47-39(51)33-20-35(26(3)36(43)21-33)29-11-7-27(8-12-29)19-32(40(52)48-34-17-15-31(16-18-34)38-45-24-46-49-38)22-37(50)30-13-9-28(10-14-30)23-44-41(53)54-42(4,5)6/h7-8,11-12,15-18,20-21,25,28,30,32H,9-10,13-14,19,22-24H2,1-6H3,(H,44,53)(H,47,51)(H,48,52)/t28?,30?,32-/m1/s1. The zero-order valence-corrected chi connectivity index (χ0v) is 32.0. The third-order valence-electron chi connectivity index (χ3n) is 9.69. The molecule has 0 bridgehead atoms. The second-order valence-corrected chi connectivity index (χ2v) is 15.6. The summed E-state index contributed by atoms with van der Waals surface area (Å²) in [5.74, 6) is -1.06. The van der Waals surface area contributed by atoms with Crippen LogP contribution >= 0.6 is 0 Å². The lowest BCUT2D eigenvalue weighted by Gasteiger charge is -2.29. The number of amides is 3. The van der Waals surface area contributed by atoms with E-state index in [1.807, 2.05) is 71.0 Å². The maximum atomic E-state index is 15.0. The van der Waals surface area contributed by atoms with Crippen molar-refractivity contribution in [1.82, 2.24) is 10.6 Å². The van der Waals surface area contributed by atoms with E-state index in [0.29, 0.717) is 55.1 Å². The van der Waals surface area contributed by atoms with E-state index in [0.717, 1.165) is 29.5 Å². The fourth-order valence-corrected chi connectivity index (χ4v) is 6.78. The number of benzene rings is 3. The van der Waals surface area contributed by atoms with E-state index in [-0.39, 0.29) is 47.5 Å². The van der Waals surface area contributed by atoms with E-state index in [9.17, 15) is 23.6 Å². The average molecular weight is 739 g/mol. The number of hydrogen-bond acceptors (Lipinski definition) is 8. The molecule has 2 aliphatic rings. The van der Waals surface area contributed by atoms with E-state index < -0.39 is 23.4 Å². The Morgan fingerprint density at radius 3 is 2.20 bits per heavy atom. The number of azo groups is 1. The van der Waals surface area contributed by atoms with Crippen molar-refractivity contribution in [3.63, 3.8) is 0 Å². The van der Waals surface area contributed by atoms with Crippen LogP contribution in [0.4, 0.5) is 14.9 Å². The van der Waals surface area contributed by atoms with E-state index >= 15 is 0 Å². The number of hydrogen-bond donors (Lipinski definition) is 3. The lowest BCUT2D eigenvalue weighted by atomic mass is 9.77. The molecule has 3 N–H and O–H groups in total. The Morgan fingerprint density at radius 2 is 1.59 bits per heavy atom. The molecule has 0 radical (unpaired) electrons. The topological polar surface area (TPSA) is 151 Å². The first kappa shape index (κ1) is 39.9. The molecule has 1 fully saturated rings. The molecule has 54 heavy (non-hydrogen) atoms. The van der Waals surface area contributed by atoms with Crippen molar-refractivity contribution < 1.29 is 28.3 Å². The second-order valence-electron chi connectivity index (χ2n) is 15.6. The summed E-state index contributed by atoms with van der Waals surface area (Å²) in [6.07, 6.45) is 2.91. The third kappa shape index (κ3) is 11.1. The summed E-state index contributed by atoms with van der Waals surface area (Å²) in [5.41, 5.74) is 3.65. The van der Waals surface area contributed by atoms with Crippen LogP contribution in [0.5, 0.6) is 0 Å². The molecule has 286 valence electrons. The number of ketones is 1. The van der Waals surface area contributed by atoms with Crippen LogP contribution in [-0.4, -0.2) is 54.4 Å². The van der Waals surface area contributed by atoms with E-state index in [4.69, 9.17) is 4.74 Å². The molecule has 0 aromatic heterocycles. The van der Waals surface area contributed by atoms with Crippen LogP contribution in [0.2, 0.25) is 0 Å². The van der Waals surface area contributed by atoms with Crippen molar-refractivity contribution in [3.8, 4) is 11.1 Å². The maximum Gasteiger partial charge on any atom is 0.407 e. The molecule has 1 aliphatic carbocycles. The Hall–Kier alpha value is -5.26. The molecule has 3 aromatic rings. The summed E-state index contributed by atoms with van der Waals surface area (Å²) in [5, 5.41) is 16.6. The first-order valence-corrected chi connectivity index (χ1v) is 18.7. The minimum absolute atomic E-state index is 0.0489. The number of nitrogens with one attached hydrogen (secondary N) is 3. The summed E-state index contributed by atoms with van der Waals surface area (Å²) in [6.45, 7) is 11.6. The summed E-state index contributed by atoms with van der Waals surface area (Å²) in [7, 11) is 0. The number of amidine groups is 1. The predicted molar refractivity (Wildman–Crippen MR) is 207 cm³/mol. The van der Waals surface area contributed by atoms with Gasteiger partial charge in [-0.25, -0.2) is 14.2 Å². The Morgan fingerprint density at radius 1 is 0.926 bits per heavy atom. The van der Waals surface area contributed by atoms with Gasteiger partial charge in [-0.2, -0.15) is 5.11 Å². The third-order valence-corrected chi connectivity index (χ3v) is 9.69. The number of carbonyl (C=O) groups is 4. The van der Waals surface area contributed by atoms with Gasteiger partial charge in [-0.1, -0.05) is 24.3 Å². The van der Waals surface area contributed by atoms with E-state index in [1.165, 1.54) is 6.07 Å². The molecule has 3 amide bonds. The van der Waals surface area contributed by atoms with Gasteiger partial charge in [0.2, 0.25) is 5.91 Å². The minimum Gasteiger partial charge on any atom is -0.444 e. The normalized spacial score (nSPS) is 17.4. The number of Topliss-reactive ketones (excluding diaryl/α,β-unsaturated/α-hetero) is 1. The molecule has 0 spiro atoms. The van der Waals surface area contributed by atoms with E-state index in [1.54, 1.807) is 25.1 Å².